The zero-order valence-corrected chi connectivity index (χ0v) is 35.5. The molecule has 2 fully saturated rings. The summed E-state index contributed by atoms with van der Waals surface area (Å²) in [7, 11) is 3.69. The maximum absolute atomic E-state index is 13.4. The minimum absolute atomic E-state index is 0.0504. The molecule has 0 radical (unpaired) electrons. The molecule has 2 atom stereocenters. The van der Waals surface area contributed by atoms with Gasteiger partial charge in [0.05, 0.1) is 23.5 Å². The summed E-state index contributed by atoms with van der Waals surface area (Å²) in [5.41, 5.74) is 3.10. The Morgan fingerprint density at radius 1 is 0.737 bits per heavy atom. The van der Waals surface area contributed by atoms with Crippen molar-refractivity contribution < 1.29 is 20.5 Å². The molecule has 2 saturated heterocycles. The molecule has 3 amide bonds. The topological polar surface area (TPSA) is 108 Å². The molecule has 0 bridgehead atoms. The van der Waals surface area contributed by atoms with Gasteiger partial charge in [0.25, 0.3) is 0 Å². The van der Waals surface area contributed by atoms with Crippen LogP contribution in [0.25, 0.3) is 0 Å². The number of benzene rings is 2. The summed E-state index contributed by atoms with van der Waals surface area (Å²) < 4.78 is 11.7. The van der Waals surface area contributed by atoms with E-state index in [1.807, 2.05) is 125 Å². The molecule has 6 rings (SSSR count). The maximum Gasteiger partial charge on any atom is 0.410 e. The van der Waals surface area contributed by atoms with Gasteiger partial charge in [0.1, 0.15) is 5.60 Å². The molecule has 2 aromatic carbocycles. The Labute approximate surface area is 350 Å². The van der Waals surface area contributed by atoms with Gasteiger partial charge in [0.2, 0.25) is 11.8 Å². The summed E-state index contributed by atoms with van der Waals surface area (Å²) >= 11 is 12.1. The maximum atomic E-state index is 13.4. The van der Waals surface area contributed by atoms with Gasteiger partial charge in [-0.1, -0.05) is 73.4 Å². The lowest BCUT2D eigenvalue weighted by Gasteiger charge is -2.36. The lowest BCUT2D eigenvalue weighted by Crippen LogP contribution is -2.45. The summed E-state index contributed by atoms with van der Waals surface area (Å²) in [6, 6.07) is 26.1. The van der Waals surface area contributed by atoms with Crippen LogP contribution in [0.3, 0.4) is 0 Å². The molecule has 4 heterocycles. The molecule has 0 saturated carbocycles. The molecule has 57 heavy (non-hydrogen) atoms. The molecule has 0 aliphatic carbocycles. The number of hydrogen-bond acceptors (Lipinski definition) is 7. The number of ether oxygens (including phenoxy) is 1. The Morgan fingerprint density at radius 3 is 1.51 bits per heavy atom. The normalized spacial score (nSPS) is 16.0. The minimum atomic E-state index is -0.529. The number of hydrogen-bond donors (Lipinski definition) is 1. The van der Waals surface area contributed by atoms with Gasteiger partial charge in [-0.25, -0.2) is 4.79 Å². The highest BCUT2D eigenvalue weighted by Crippen LogP contribution is 2.32. The molecule has 306 valence electrons. The fraction of sp³-hybridized carbons (Fsp3) is 0.444. The first-order valence-corrected chi connectivity index (χ1v) is 20.3. The summed E-state index contributed by atoms with van der Waals surface area (Å²) in [6.45, 7) is 10.7. The molecule has 0 spiro atoms. The van der Waals surface area contributed by atoms with Crippen LogP contribution < -0.4 is 5.32 Å². The number of halogens is 2. The minimum Gasteiger partial charge on any atom is -0.444 e. The highest BCUT2D eigenvalue weighted by atomic mass is 35.5. The second-order valence-corrected chi connectivity index (χ2v) is 16.0. The Morgan fingerprint density at radius 2 is 1.14 bits per heavy atom. The lowest BCUT2D eigenvalue weighted by atomic mass is 9.93. The van der Waals surface area contributed by atoms with Crippen molar-refractivity contribution in [1.29, 1.82) is 0 Å². The molecule has 4 aromatic rings. The van der Waals surface area contributed by atoms with E-state index in [0.29, 0.717) is 42.9 Å². The largest absolute Gasteiger partial charge is 0.444 e. The van der Waals surface area contributed by atoms with Gasteiger partial charge >= 0.3 is 6.09 Å². The number of carbonyl (C=O) groups is 3. The van der Waals surface area contributed by atoms with Crippen molar-refractivity contribution in [3.63, 3.8) is 0 Å². The predicted molar refractivity (Wildman–Crippen MR) is 228 cm³/mol. The molecule has 2 aliphatic heterocycles. The van der Waals surface area contributed by atoms with Crippen LogP contribution in [-0.2, 0) is 14.3 Å². The van der Waals surface area contributed by atoms with Crippen molar-refractivity contribution in [3.05, 3.63) is 130 Å². The third-order valence-electron chi connectivity index (χ3n) is 9.96. The van der Waals surface area contributed by atoms with Gasteiger partial charge in [-0.3, -0.25) is 19.6 Å². The molecule has 10 nitrogen and oxygen atoms in total. The zero-order valence-electron chi connectivity index (χ0n) is 35.0. The molecule has 1 N–H and O–H groups in total. The van der Waals surface area contributed by atoms with Crippen LogP contribution in [0.5, 0.6) is 0 Å². The first-order chi connectivity index (χ1) is 27.7. The van der Waals surface area contributed by atoms with E-state index in [9.17, 15) is 14.4 Å². The van der Waals surface area contributed by atoms with Crippen LogP contribution in [0.1, 0.15) is 96.2 Å². The average Bonchev–Trinajstić information content (AvgIpc) is 3.23. The number of nitrogens with zero attached hydrogens (tertiary/aromatic N) is 5. The van der Waals surface area contributed by atoms with Gasteiger partial charge in [-0.15, -0.1) is 0 Å². The lowest BCUT2D eigenvalue weighted by molar-refractivity contribution is -0.137. The number of amides is 3. The molecule has 2 aliphatic rings. The molecular formula is C45H58Cl2N6O4. The third kappa shape index (κ3) is 13.0. The van der Waals surface area contributed by atoms with Crippen LogP contribution in [-0.4, -0.2) is 88.5 Å². The van der Waals surface area contributed by atoms with Gasteiger partial charge in [-0.2, -0.15) is 0 Å². The van der Waals surface area contributed by atoms with E-state index < -0.39 is 5.60 Å². The molecule has 2 aromatic heterocycles. The van der Waals surface area contributed by atoms with E-state index in [4.69, 9.17) is 29.3 Å². The van der Waals surface area contributed by atoms with Crippen LogP contribution in [0.15, 0.2) is 97.3 Å². The number of carbonyl (C=O) groups excluding carboxylic acids is 3. The first kappa shape index (κ1) is 43.6. The molecule has 12 heteroatoms. The number of nitrogens with one attached hydrogen (secondary N) is 1. The van der Waals surface area contributed by atoms with E-state index in [1.165, 1.54) is 0 Å². The van der Waals surface area contributed by atoms with Crippen molar-refractivity contribution in [2.45, 2.75) is 78.0 Å². The Kier molecular flexibility index (Phi) is 16.7. The van der Waals surface area contributed by atoms with Crippen LogP contribution >= 0.6 is 23.2 Å². The smallest absolute Gasteiger partial charge is 0.410 e. The first-order valence-electron chi connectivity index (χ1n) is 20.3. The van der Waals surface area contributed by atoms with Crippen LogP contribution in [0, 0.1) is 11.8 Å². The fourth-order valence-corrected chi connectivity index (χ4v) is 7.34. The van der Waals surface area contributed by atoms with E-state index in [1.54, 1.807) is 29.1 Å². The average molecular weight is 819 g/mol. The van der Waals surface area contributed by atoms with Gasteiger partial charge in [0, 0.05) is 62.8 Å². The highest BCUT2D eigenvalue weighted by molar-refractivity contribution is 6.30. The number of likely N-dealkylation sites (tertiary alicyclic amines) is 1. The second kappa shape index (κ2) is 21.9. The highest BCUT2D eigenvalue weighted by Gasteiger charge is 2.35. The zero-order chi connectivity index (χ0) is 42.2. The predicted octanol–water partition coefficient (Wildman–Crippen LogP) is 9.24. The SMILES string of the molecule is CN(C(=O)C1CCN(C(=O)OC(C)(C)C)CC1)C(c1ccc(Cl)cc1)c1ccccn1.CN(C(=O)C1CCNCC1)C(c1ccc(Cl)cc1)c1ccccn1.[2H]CC. The quantitative estimate of drug-likeness (QED) is 0.189. The number of rotatable bonds is 8. The Hall–Kier alpha value is -4.51. The third-order valence-corrected chi connectivity index (χ3v) is 10.5. The van der Waals surface area contributed by atoms with E-state index in [-0.39, 0.29) is 41.8 Å². The second-order valence-electron chi connectivity index (χ2n) is 15.1. The van der Waals surface area contributed by atoms with Crippen molar-refractivity contribution in [1.82, 2.24) is 30.0 Å². The number of aromatic nitrogens is 2. The number of piperidine rings is 2. The van der Waals surface area contributed by atoms with Crippen molar-refractivity contribution in [2.24, 2.45) is 11.8 Å². The number of pyridine rings is 2. The van der Waals surface area contributed by atoms with Crippen molar-refractivity contribution in [3.8, 4) is 0 Å². The summed E-state index contributed by atoms with van der Waals surface area (Å²) in [4.78, 5) is 53.0. The standard InChI is InChI=1S/C24H30ClN3O3.C19H22ClN3O.C2H6/c1-24(2,3)31-23(30)28-15-12-18(13-16-28)22(29)27(4)21(20-7-5-6-14-26-20)17-8-10-19(25)11-9-17;1-23(19(24)15-9-12-21-13-10-15)18(17-4-2-3-11-22-17)14-5-7-16(20)8-6-14;1-2/h5-11,14,18,21H,12-13,15-16H2,1-4H3;2-8,11,15,18,21H,9-10,12-13H2,1H3;1-2H3/i;;1D. The molecule has 2 unspecified atom stereocenters. The molecular weight excluding hydrogens is 759 g/mol. The van der Waals surface area contributed by atoms with Crippen molar-refractivity contribution >= 4 is 41.1 Å². The van der Waals surface area contributed by atoms with E-state index in [2.05, 4.69) is 15.3 Å². The van der Waals surface area contributed by atoms with Crippen LogP contribution in [0.2, 0.25) is 10.0 Å². The van der Waals surface area contributed by atoms with Crippen molar-refractivity contribution in [2.75, 3.05) is 40.3 Å². The van der Waals surface area contributed by atoms with E-state index in [0.717, 1.165) is 48.4 Å². The monoisotopic (exact) mass is 817 g/mol. The van der Waals surface area contributed by atoms with Gasteiger partial charge in [-0.05, 0) is 119 Å². The van der Waals surface area contributed by atoms with Gasteiger partial charge in [0.15, 0.2) is 0 Å². The summed E-state index contributed by atoms with van der Waals surface area (Å²) in [5.74, 6) is 0.161. The summed E-state index contributed by atoms with van der Waals surface area (Å²) in [6.07, 6.45) is 6.17. The van der Waals surface area contributed by atoms with E-state index >= 15 is 0 Å². The van der Waals surface area contributed by atoms with Gasteiger partial charge < -0.3 is 24.8 Å². The fourth-order valence-electron chi connectivity index (χ4n) is 7.09. The Bertz CT molecular complexity index is 1850. The Balaban J connectivity index is 0.000000247. The van der Waals surface area contributed by atoms with Crippen LogP contribution in [0.4, 0.5) is 4.79 Å². The summed E-state index contributed by atoms with van der Waals surface area (Å²) in [5, 5.41) is 4.64.